The van der Waals surface area contributed by atoms with E-state index in [1.54, 1.807) is 33.1 Å². The lowest BCUT2D eigenvalue weighted by Crippen LogP contribution is -2.36. The van der Waals surface area contributed by atoms with E-state index < -0.39 is 5.41 Å². The van der Waals surface area contributed by atoms with Gasteiger partial charge < -0.3 is 19.1 Å². The topological polar surface area (TPSA) is 82.9 Å². The number of hydrogen-bond acceptors (Lipinski definition) is 7. The first kappa shape index (κ1) is 21.1. The Hall–Kier alpha value is -2.61. The fourth-order valence-electron chi connectivity index (χ4n) is 3.59. The van der Waals surface area contributed by atoms with Crippen molar-refractivity contribution >= 4 is 16.9 Å². The molecule has 3 rings (SSSR count). The molecule has 8 heteroatoms. The molecule has 0 spiro atoms. The van der Waals surface area contributed by atoms with E-state index in [2.05, 4.69) is 16.9 Å². The number of fused-ring (bicyclic) bond motifs is 1. The molecule has 0 unspecified atom stereocenters. The van der Waals surface area contributed by atoms with Crippen LogP contribution in [0.4, 0.5) is 0 Å². The lowest BCUT2D eigenvalue weighted by Gasteiger charge is -2.29. The van der Waals surface area contributed by atoms with Gasteiger partial charge in [-0.1, -0.05) is 0 Å². The molecule has 1 saturated heterocycles. The van der Waals surface area contributed by atoms with E-state index in [1.165, 1.54) is 18.0 Å². The molecule has 1 aromatic heterocycles. The Morgan fingerprint density at radius 2 is 1.93 bits per heavy atom. The number of carbonyl (C=O) groups excluding carboxylic acids is 1. The van der Waals surface area contributed by atoms with Crippen LogP contribution in [0, 0.1) is 5.41 Å². The maximum absolute atomic E-state index is 13.3. The first-order valence-electron chi connectivity index (χ1n) is 9.76. The van der Waals surface area contributed by atoms with Crippen molar-refractivity contribution < 1.29 is 19.0 Å². The molecule has 2 heterocycles. The molecule has 0 N–H and O–H groups in total. The van der Waals surface area contributed by atoms with E-state index in [4.69, 9.17) is 14.2 Å². The third-order valence-electron chi connectivity index (χ3n) is 5.36. The van der Waals surface area contributed by atoms with Crippen molar-refractivity contribution in [2.24, 2.45) is 5.41 Å². The second kappa shape index (κ2) is 8.41. The molecule has 1 aromatic carbocycles. The summed E-state index contributed by atoms with van der Waals surface area (Å²) in [6, 6.07) is 3.45. The summed E-state index contributed by atoms with van der Waals surface area (Å²) < 4.78 is 17.9. The quantitative estimate of drug-likeness (QED) is 0.683. The van der Waals surface area contributed by atoms with Gasteiger partial charge in [0.1, 0.15) is 23.0 Å². The zero-order valence-electron chi connectivity index (χ0n) is 17.7. The van der Waals surface area contributed by atoms with Gasteiger partial charge in [0.2, 0.25) is 0 Å². The lowest BCUT2D eigenvalue weighted by atomic mass is 9.93. The number of piperidine rings is 1. The lowest BCUT2D eigenvalue weighted by molar-refractivity contribution is -0.151. The molecule has 0 saturated carbocycles. The standard InChI is InChI=1S/C21H29N3O5/c1-21(2,20(26)28-5)12-24-13-22-16-10-15(27-4)11-17(18(16)19(24)25)29-14-6-8-23(3)9-7-14/h10-11,13-14H,6-9,12H2,1-5H3. The fraction of sp³-hybridized carbons (Fsp3) is 0.571. The van der Waals surface area contributed by atoms with E-state index in [0.29, 0.717) is 22.4 Å². The van der Waals surface area contributed by atoms with Crippen molar-refractivity contribution in [1.82, 2.24) is 14.5 Å². The highest BCUT2D eigenvalue weighted by molar-refractivity contribution is 5.86. The summed E-state index contributed by atoms with van der Waals surface area (Å²) in [5, 5.41) is 0.396. The predicted octanol–water partition coefficient (Wildman–Crippen LogP) is 2.08. The van der Waals surface area contributed by atoms with Crippen LogP contribution in [-0.2, 0) is 16.1 Å². The van der Waals surface area contributed by atoms with Crippen LogP contribution in [0.5, 0.6) is 11.5 Å². The Bertz CT molecular complexity index is 945. The second-order valence-corrected chi connectivity index (χ2v) is 8.19. The van der Waals surface area contributed by atoms with Gasteiger partial charge in [-0.15, -0.1) is 0 Å². The Morgan fingerprint density at radius 1 is 1.24 bits per heavy atom. The summed E-state index contributed by atoms with van der Waals surface area (Å²) in [6.45, 7) is 5.52. The van der Waals surface area contributed by atoms with Gasteiger partial charge in [0, 0.05) is 31.8 Å². The Labute approximate surface area is 170 Å². The molecular formula is C21H29N3O5. The first-order valence-corrected chi connectivity index (χ1v) is 9.76. The Morgan fingerprint density at radius 3 is 2.55 bits per heavy atom. The highest BCUT2D eigenvalue weighted by Crippen LogP contribution is 2.30. The Balaban J connectivity index is 2.02. The molecule has 8 nitrogen and oxygen atoms in total. The molecule has 29 heavy (non-hydrogen) atoms. The zero-order chi connectivity index (χ0) is 21.2. The molecule has 0 aliphatic carbocycles. The number of carbonyl (C=O) groups is 1. The maximum Gasteiger partial charge on any atom is 0.313 e. The van der Waals surface area contributed by atoms with Gasteiger partial charge in [-0.25, -0.2) is 4.98 Å². The van der Waals surface area contributed by atoms with Gasteiger partial charge in [0.15, 0.2) is 0 Å². The highest BCUT2D eigenvalue weighted by atomic mass is 16.5. The van der Waals surface area contributed by atoms with Gasteiger partial charge in [0.05, 0.1) is 31.5 Å². The molecule has 0 amide bonds. The van der Waals surface area contributed by atoms with Crippen molar-refractivity contribution in [1.29, 1.82) is 0 Å². The summed E-state index contributed by atoms with van der Waals surface area (Å²) in [4.78, 5) is 32.0. The van der Waals surface area contributed by atoms with Crippen molar-refractivity contribution in [2.45, 2.75) is 39.3 Å². The number of likely N-dealkylation sites (tertiary alicyclic amines) is 1. The molecule has 1 fully saturated rings. The molecule has 2 aromatic rings. The van der Waals surface area contributed by atoms with Crippen molar-refractivity contribution in [3.8, 4) is 11.5 Å². The van der Waals surface area contributed by atoms with E-state index in [0.717, 1.165) is 25.9 Å². The van der Waals surface area contributed by atoms with E-state index in [9.17, 15) is 9.59 Å². The van der Waals surface area contributed by atoms with Crippen molar-refractivity contribution in [3.05, 3.63) is 28.8 Å². The average Bonchev–Trinajstić information content (AvgIpc) is 2.70. The normalized spacial score (nSPS) is 16.0. The summed E-state index contributed by atoms with van der Waals surface area (Å²) in [7, 11) is 4.99. The molecule has 0 radical (unpaired) electrons. The molecule has 1 aliphatic heterocycles. The minimum Gasteiger partial charge on any atom is -0.497 e. The Kier molecular flexibility index (Phi) is 6.12. The van der Waals surface area contributed by atoms with Crippen molar-refractivity contribution in [3.63, 3.8) is 0 Å². The van der Waals surface area contributed by atoms with Crippen LogP contribution < -0.4 is 15.0 Å². The van der Waals surface area contributed by atoms with Gasteiger partial charge in [-0.2, -0.15) is 0 Å². The highest BCUT2D eigenvalue weighted by Gasteiger charge is 2.30. The number of nitrogens with zero attached hydrogens (tertiary/aromatic N) is 3. The number of rotatable bonds is 6. The van der Waals surface area contributed by atoms with E-state index in [-0.39, 0.29) is 24.2 Å². The van der Waals surface area contributed by atoms with Gasteiger partial charge in [0.25, 0.3) is 5.56 Å². The smallest absolute Gasteiger partial charge is 0.313 e. The SMILES string of the molecule is COC(=O)C(C)(C)Cn1cnc2cc(OC)cc(OC3CCN(C)CC3)c2c1=O. The number of methoxy groups -OCH3 is 2. The number of benzene rings is 1. The molecule has 0 bridgehead atoms. The fourth-order valence-corrected chi connectivity index (χ4v) is 3.59. The summed E-state index contributed by atoms with van der Waals surface area (Å²) in [6.07, 6.45) is 3.26. The predicted molar refractivity (Wildman–Crippen MR) is 109 cm³/mol. The second-order valence-electron chi connectivity index (χ2n) is 8.19. The minimum atomic E-state index is -0.866. The van der Waals surface area contributed by atoms with E-state index in [1.807, 2.05) is 0 Å². The number of esters is 1. The van der Waals surface area contributed by atoms with Crippen LogP contribution in [0.2, 0.25) is 0 Å². The molecule has 158 valence electrons. The maximum atomic E-state index is 13.3. The van der Waals surface area contributed by atoms with Crippen LogP contribution in [0.1, 0.15) is 26.7 Å². The first-order chi connectivity index (χ1) is 13.7. The largest absolute Gasteiger partial charge is 0.497 e. The number of aromatic nitrogens is 2. The summed E-state index contributed by atoms with van der Waals surface area (Å²) in [5.74, 6) is 0.665. The van der Waals surface area contributed by atoms with Crippen LogP contribution >= 0.6 is 0 Å². The van der Waals surface area contributed by atoms with Crippen LogP contribution in [0.3, 0.4) is 0 Å². The van der Waals surface area contributed by atoms with Crippen LogP contribution in [0.15, 0.2) is 23.3 Å². The average molecular weight is 403 g/mol. The zero-order valence-corrected chi connectivity index (χ0v) is 17.7. The van der Waals surface area contributed by atoms with Crippen LogP contribution in [0.25, 0.3) is 10.9 Å². The third kappa shape index (κ3) is 4.53. The van der Waals surface area contributed by atoms with Gasteiger partial charge in [-0.3, -0.25) is 14.2 Å². The van der Waals surface area contributed by atoms with Gasteiger partial charge in [-0.05, 0) is 33.7 Å². The molecule has 1 aliphatic rings. The molecule has 0 atom stereocenters. The minimum absolute atomic E-state index is 0.0288. The monoisotopic (exact) mass is 403 g/mol. The summed E-state index contributed by atoms with van der Waals surface area (Å²) >= 11 is 0. The molecular weight excluding hydrogens is 374 g/mol. The third-order valence-corrected chi connectivity index (χ3v) is 5.36. The number of ether oxygens (including phenoxy) is 3. The van der Waals surface area contributed by atoms with Crippen molar-refractivity contribution in [2.75, 3.05) is 34.4 Å². The van der Waals surface area contributed by atoms with Crippen LogP contribution in [-0.4, -0.2) is 60.9 Å². The number of hydrogen-bond donors (Lipinski definition) is 0. The van der Waals surface area contributed by atoms with E-state index >= 15 is 0 Å². The summed E-state index contributed by atoms with van der Waals surface area (Å²) in [5.41, 5.74) is -0.614. The van der Waals surface area contributed by atoms with Gasteiger partial charge >= 0.3 is 5.97 Å².